The molecule has 360 valence electrons. The van der Waals surface area contributed by atoms with Crippen molar-refractivity contribution in [2.45, 2.75) is 95.1 Å². The maximum absolute atomic E-state index is 15.8. The fourth-order valence-corrected chi connectivity index (χ4v) is 11.9. The molecule has 19 heteroatoms. The highest BCUT2D eigenvalue weighted by molar-refractivity contribution is 6.33. The molecule has 0 bridgehead atoms. The second-order valence-corrected chi connectivity index (χ2v) is 20.6. The number of amides is 2. The number of ether oxygens (including phenoxy) is 1. The molecule has 3 N–H and O–H groups in total. The Hall–Kier alpha value is -5.62. The molecule has 2 aromatic carbocycles. The van der Waals surface area contributed by atoms with E-state index in [1.807, 2.05) is 25.2 Å². The Morgan fingerprint density at radius 3 is 2.35 bits per heavy atom. The highest BCUT2D eigenvalue weighted by Gasteiger charge is 2.51. The second kappa shape index (κ2) is 17.1. The molecule has 68 heavy (non-hydrogen) atoms. The molecule has 1 spiro atoms. The number of benzene rings is 2. The number of piperidine rings is 4. The van der Waals surface area contributed by atoms with Crippen LogP contribution in [-0.2, 0) is 23.7 Å². The van der Waals surface area contributed by atoms with Gasteiger partial charge in [-0.25, -0.2) is 18.2 Å². The van der Waals surface area contributed by atoms with E-state index in [0.29, 0.717) is 81.4 Å². The van der Waals surface area contributed by atoms with E-state index in [1.165, 1.54) is 10.6 Å². The quantitative estimate of drug-likeness (QED) is 0.132. The van der Waals surface area contributed by atoms with Crippen molar-refractivity contribution in [3.63, 3.8) is 0 Å². The Bertz CT molecular complexity index is 2880. The zero-order valence-electron chi connectivity index (χ0n) is 38.6. The average molecular weight is 957 g/mol. The van der Waals surface area contributed by atoms with Gasteiger partial charge < -0.3 is 34.6 Å². The largest absolute Gasteiger partial charge is 0.480 e. The topological polar surface area (TPSA) is 155 Å². The van der Waals surface area contributed by atoms with Gasteiger partial charge >= 0.3 is 5.92 Å². The van der Waals surface area contributed by atoms with Crippen molar-refractivity contribution in [1.29, 1.82) is 0 Å². The molecule has 1 aliphatic carbocycles. The zero-order chi connectivity index (χ0) is 47.2. The smallest absolute Gasteiger partial charge is 0.301 e. The first-order chi connectivity index (χ1) is 32.6. The maximum Gasteiger partial charge on any atom is 0.301 e. The predicted octanol–water partition coefficient (Wildman–Crippen LogP) is 7.48. The number of imide groups is 1. The molecule has 15 nitrogen and oxygen atoms in total. The molecule has 3 atom stereocenters. The number of rotatable bonds is 8. The number of aryl methyl sites for hydroxylation is 2. The van der Waals surface area contributed by atoms with Crippen LogP contribution in [0.5, 0.6) is 5.75 Å². The van der Waals surface area contributed by atoms with Crippen molar-refractivity contribution in [1.82, 2.24) is 34.5 Å². The molecule has 8 heterocycles. The first-order valence-corrected chi connectivity index (χ1v) is 24.5. The fourth-order valence-electron chi connectivity index (χ4n) is 11.8. The van der Waals surface area contributed by atoms with Crippen LogP contribution in [0.2, 0.25) is 5.02 Å². The van der Waals surface area contributed by atoms with Gasteiger partial charge in [0, 0.05) is 69.2 Å². The minimum absolute atomic E-state index is 0.107. The number of hydrogen-bond donors (Lipinski definition) is 3. The summed E-state index contributed by atoms with van der Waals surface area (Å²) in [6.07, 6.45) is 9.87. The summed E-state index contributed by atoms with van der Waals surface area (Å²) < 4.78 is 54.9. The number of fused-ring (bicyclic) bond motifs is 4. The summed E-state index contributed by atoms with van der Waals surface area (Å²) in [5.74, 6) is -3.49. The van der Waals surface area contributed by atoms with Gasteiger partial charge in [0.2, 0.25) is 23.5 Å². The van der Waals surface area contributed by atoms with Crippen LogP contribution in [0.4, 0.5) is 42.0 Å². The van der Waals surface area contributed by atoms with Crippen molar-refractivity contribution >= 4 is 74.0 Å². The van der Waals surface area contributed by atoms with Gasteiger partial charge in [-0.05, 0) is 125 Å². The maximum atomic E-state index is 15.8. The van der Waals surface area contributed by atoms with Crippen LogP contribution in [0.15, 0.2) is 41.3 Å². The van der Waals surface area contributed by atoms with Gasteiger partial charge in [0.15, 0.2) is 12.4 Å². The van der Waals surface area contributed by atoms with E-state index in [-0.39, 0.29) is 46.8 Å². The van der Waals surface area contributed by atoms with Crippen LogP contribution >= 0.6 is 11.6 Å². The van der Waals surface area contributed by atoms with Crippen LogP contribution in [0.25, 0.3) is 21.8 Å². The Balaban J connectivity index is 0.701. The van der Waals surface area contributed by atoms with Crippen molar-refractivity contribution in [2.24, 2.45) is 31.3 Å². The number of likely N-dealkylation sites (tertiary alicyclic amines) is 1. The third-order valence-electron chi connectivity index (χ3n) is 16.2. The van der Waals surface area contributed by atoms with E-state index in [1.54, 1.807) is 24.0 Å². The van der Waals surface area contributed by atoms with Gasteiger partial charge in [-0.3, -0.25) is 24.4 Å². The number of carbonyl (C=O) groups is 2. The van der Waals surface area contributed by atoms with Gasteiger partial charge in [0.25, 0.3) is 5.56 Å². The summed E-state index contributed by atoms with van der Waals surface area (Å²) in [6, 6.07) is 8.06. The minimum Gasteiger partial charge on any atom is -0.480 e. The van der Waals surface area contributed by atoms with Gasteiger partial charge in [0.05, 0.1) is 46.3 Å². The monoisotopic (exact) mass is 955 g/mol. The molecule has 6 aliphatic rings. The number of alkyl halides is 2. The first kappa shape index (κ1) is 44.9. The lowest BCUT2D eigenvalue weighted by atomic mass is 9.70. The SMILES string of the molecule is C[C@@H](C1CCN(c2cc3c(cc2F)c(C2CCC(=O)NC2=O)nn3C)CC1)N1CCC2(CCN(c3ncc(Cl)c(Nc4ccc5c(c4)c4c(c(=O)n5C)OCC(F)(F)[C@H](C5CC5)N4)n3)CC2)CC1. The highest BCUT2D eigenvalue weighted by atomic mass is 35.5. The molecule has 11 rings (SSSR count). The molecule has 1 unspecified atom stereocenters. The first-order valence-electron chi connectivity index (χ1n) is 24.1. The molecule has 4 saturated heterocycles. The van der Waals surface area contributed by atoms with Crippen LogP contribution in [0.1, 0.15) is 82.7 Å². The van der Waals surface area contributed by atoms with Gasteiger partial charge in [-0.15, -0.1) is 0 Å². The molecule has 2 amide bonds. The third-order valence-corrected chi connectivity index (χ3v) is 16.5. The van der Waals surface area contributed by atoms with Gasteiger partial charge in [0.1, 0.15) is 10.8 Å². The minimum atomic E-state index is -3.14. The van der Waals surface area contributed by atoms with Crippen molar-refractivity contribution < 1.29 is 27.5 Å². The van der Waals surface area contributed by atoms with Gasteiger partial charge in [-0.2, -0.15) is 10.1 Å². The lowest BCUT2D eigenvalue weighted by Crippen LogP contribution is -2.51. The van der Waals surface area contributed by atoms with E-state index in [2.05, 4.69) is 47.7 Å². The highest BCUT2D eigenvalue weighted by Crippen LogP contribution is 2.47. The van der Waals surface area contributed by atoms with E-state index in [4.69, 9.17) is 21.3 Å². The Morgan fingerprint density at radius 1 is 0.897 bits per heavy atom. The summed E-state index contributed by atoms with van der Waals surface area (Å²) in [6.45, 7) is 6.75. The molecule has 1 saturated carbocycles. The Labute approximate surface area is 396 Å². The Morgan fingerprint density at radius 2 is 1.63 bits per heavy atom. The fraction of sp³-hybridized carbons (Fsp3) is 0.551. The molecular weight excluding hydrogens is 899 g/mol. The molecular formula is C49H57ClF3N11O4. The number of anilines is 5. The number of aromatic nitrogens is 5. The lowest BCUT2D eigenvalue weighted by molar-refractivity contribution is -0.134. The number of halogens is 4. The van der Waals surface area contributed by atoms with E-state index < -0.39 is 30.0 Å². The van der Waals surface area contributed by atoms with Crippen LogP contribution in [-0.4, -0.2) is 105 Å². The zero-order valence-corrected chi connectivity index (χ0v) is 39.4. The Kier molecular flexibility index (Phi) is 11.3. The summed E-state index contributed by atoms with van der Waals surface area (Å²) in [5, 5.41) is 14.9. The van der Waals surface area contributed by atoms with Crippen molar-refractivity contribution in [3.8, 4) is 5.75 Å². The van der Waals surface area contributed by atoms with Crippen molar-refractivity contribution in [2.75, 3.05) is 66.3 Å². The molecule has 5 aromatic rings. The summed E-state index contributed by atoms with van der Waals surface area (Å²) in [5.41, 5.74) is 3.10. The third kappa shape index (κ3) is 8.07. The van der Waals surface area contributed by atoms with Crippen LogP contribution < -0.4 is 36.0 Å². The standard InChI is InChI=1S/C49H57ClF3N11O4/c1-27(28-10-16-63(17-11-28)38-24-37-33(23-35(38)51)40(59-61(37)3)31-7-9-39(65)56-45(31)66)62-18-12-48(13-19-62)14-20-64(21-15-48)47-54-25-34(50)44(58-47)55-30-6-8-36-32(22-30)41-42(46(67)60(36)2)68-26-49(52,53)43(57-41)29-4-5-29/h6,8,22-25,27-29,31,43,57H,4-5,7,9-21,26H2,1-3H3,(H,54,55,58)(H,56,65,66)/t27-,31?,43-/m0/s1. The number of nitrogens with zero attached hydrogens (tertiary/aromatic N) is 8. The predicted molar refractivity (Wildman–Crippen MR) is 255 cm³/mol. The van der Waals surface area contributed by atoms with E-state index >= 15 is 13.2 Å². The molecule has 3 aromatic heterocycles. The number of nitrogens with one attached hydrogen (secondary N) is 3. The summed E-state index contributed by atoms with van der Waals surface area (Å²) >= 11 is 6.68. The molecule has 0 radical (unpaired) electrons. The number of pyridine rings is 1. The summed E-state index contributed by atoms with van der Waals surface area (Å²) in [7, 11) is 3.42. The van der Waals surface area contributed by atoms with Crippen LogP contribution in [0.3, 0.4) is 0 Å². The average Bonchev–Trinajstić information content (AvgIpc) is 4.14. The number of carbonyl (C=O) groups excluding carboxylic acids is 2. The van der Waals surface area contributed by atoms with Crippen LogP contribution in [0, 0.1) is 23.1 Å². The second-order valence-electron chi connectivity index (χ2n) is 20.2. The van der Waals surface area contributed by atoms with Crippen molar-refractivity contribution in [3.05, 3.63) is 63.4 Å². The number of hydrogen-bond acceptors (Lipinski definition) is 12. The van der Waals surface area contributed by atoms with E-state index in [9.17, 15) is 14.4 Å². The van der Waals surface area contributed by atoms with E-state index in [0.717, 1.165) is 83.3 Å². The summed E-state index contributed by atoms with van der Waals surface area (Å²) in [4.78, 5) is 54.2. The molecule has 5 fully saturated rings. The lowest BCUT2D eigenvalue weighted by Gasteiger charge is -2.49. The van der Waals surface area contributed by atoms with Gasteiger partial charge in [-0.1, -0.05) is 11.6 Å². The normalized spacial score (nSPS) is 23.8. The molecule has 5 aliphatic heterocycles.